The van der Waals surface area contributed by atoms with Crippen molar-refractivity contribution in [3.05, 3.63) is 94.5 Å². The quantitative estimate of drug-likeness (QED) is 0.0720. The summed E-state index contributed by atoms with van der Waals surface area (Å²) in [4.78, 5) is 80.1. The van der Waals surface area contributed by atoms with Crippen LogP contribution in [-0.4, -0.2) is 90.7 Å². The van der Waals surface area contributed by atoms with Crippen LogP contribution >= 0.6 is 11.6 Å². The minimum absolute atomic E-state index is 0.152. The van der Waals surface area contributed by atoms with E-state index in [2.05, 4.69) is 21.3 Å². The van der Waals surface area contributed by atoms with Gasteiger partial charge in [-0.3, -0.25) is 19.2 Å². The molecule has 0 aromatic heterocycles. The summed E-state index contributed by atoms with van der Waals surface area (Å²) in [5, 5.41) is 11.5. The molecular weight excluding hydrogens is 828 g/mol. The standard InChI is InChI=1S/C47H63ClN6O9/c1-10-14-34-29-35(22-25-38(34)61-28-13-27-51-45(60)63-47(6,7)8)39(42(57)52-30(2)40(49)55)54(9)43(58)37(15-11-12-26-50-44(59)62-46(3,4)5)53-41(56)33-18-16-31(17-19-33)32-20-23-36(48)24-21-32/h10,14,16-25,29-30,37,39H,11-13,15,26-28H2,1-9H3,(H2,49,55)(H,50,59)(H,51,60)(H,52,57)(H,53,56)/b14-10+/t30-,37-,39-/m0/s1. The van der Waals surface area contributed by atoms with Crippen LogP contribution in [0.25, 0.3) is 17.2 Å². The van der Waals surface area contributed by atoms with Crippen molar-refractivity contribution in [3.8, 4) is 16.9 Å². The topological polar surface area (TPSA) is 207 Å². The molecule has 0 spiro atoms. The van der Waals surface area contributed by atoms with Crippen LogP contribution in [-0.2, 0) is 23.9 Å². The molecule has 0 aliphatic heterocycles. The molecule has 3 atom stereocenters. The van der Waals surface area contributed by atoms with Crippen LogP contribution in [0.3, 0.4) is 0 Å². The zero-order chi connectivity index (χ0) is 46.9. The Morgan fingerprint density at radius 1 is 0.778 bits per heavy atom. The molecule has 63 heavy (non-hydrogen) atoms. The molecule has 3 aromatic rings. The van der Waals surface area contributed by atoms with Gasteiger partial charge in [-0.05, 0) is 134 Å². The van der Waals surface area contributed by atoms with Gasteiger partial charge in [0.05, 0.1) is 6.61 Å². The second-order valence-electron chi connectivity index (χ2n) is 16.9. The Bertz CT molecular complexity index is 2060. The Kier molecular flexibility index (Phi) is 19.5. The van der Waals surface area contributed by atoms with Gasteiger partial charge in [0, 0.05) is 36.3 Å². The molecule has 16 heteroatoms. The minimum atomic E-state index is -1.29. The van der Waals surface area contributed by atoms with E-state index in [9.17, 15) is 28.8 Å². The molecule has 0 saturated heterocycles. The number of likely N-dealkylation sites (N-methyl/N-ethyl adjacent to an activating group) is 1. The van der Waals surface area contributed by atoms with Crippen LogP contribution in [0.15, 0.2) is 72.8 Å². The molecule has 0 saturated carbocycles. The van der Waals surface area contributed by atoms with Crippen molar-refractivity contribution in [2.24, 2.45) is 5.73 Å². The molecule has 342 valence electrons. The Morgan fingerprint density at radius 3 is 1.87 bits per heavy atom. The van der Waals surface area contributed by atoms with Crippen LogP contribution in [0.5, 0.6) is 5.75 Å². The highest BCUT2D eigenvalue weighted by Gasteiger charge is 2.35. The van der Waals surface area contributed by atoms with Crippen LogP contribution in [0.1, 0.15) is 109 Å². The number of ether oxygens (including phenoxy) is 3. The summed E-state index contributed by atoms with van der Waals surface area (Å²) in [6.45, 7) is 14.7. The maximum absolute atomic E-state index is 14.6. The van der Waals surface area contributed by atoms with E-state index in [4.69, 9.17) is 31.5 Å². The van der Waals surface area contributed by atoms with Crippen LogP contribution in [0.4, 0.5) is 9.59 Å². The van der Waals surface area contributed by atoms with Gasteiger partial charge in [0.25, 0.3) is 5.91 Å². The number of allylic oxidation sites excluding steroid dienone is 1. The summed E-state index contributed by atoms with van der Waals surface area (Å²) in [5.74, 6) is -2.08. The van der Waals surface area contributed by atoms with Crippen molar-refractivity contribution in [1.29, 1.82) is 0 Å². The van der Waals surface area contributed by atoms with E-state index in [0.29, 0.717) is 53.3 Å². The molecule has 0 aliphatic rings. The van der Waals surface area contributed by atoms with E-state index in [1.54, 1.807) is 108 Å². The zero-order valence-electron chi connectivity index (χ0n) is 37.8. The van der Waals surface area contributed by atoms with Crippen LogP contribution < -0.4 is 31.7 Å². The van der Waals surface area contributed by atoms with Crippen molar-refractivity contribution >= 4 is 53.5 Å². The summed E-state index contributed by atoms with van der Waals surface area (Å²) < 4.78 is 16.7. The predicted molar refractivity (Wildman–Crippen MR) is 244 cm³/mol. The molecule has 3 aromatic carbocycles. The highest BCUT2D eigenvalue weighted by Crippen LogP contribution is 2.29. The van der Waals surface area contributed by atoms with Gasteiger partial charge in [-0.15, -0.1) is 0 Å². The van der Waals surface area contributed by atoms with Gasteiger partial charge in [-0.1, -0.05) is 54.1 Å². The van der Waals surface area contributed by atoms with Gasteiger partial charge in [0.2, 0.25) is 17.7 Å². The number of amides is 6. The highest BCUT2D eigenvalue weighted by atomic mass is 35.5. The van der Waals surface area contributed by atoms with Gasteiger partial charge >= 0.3 is 12.2 Å². The number of nitrogens with two attached hydrogens (primary N) is 1. The molecule has 0 radical (unpaired) electrons. The molecule has 0 fully saturated rings. The van der Waals surface area contributed by atoms with Gasteiger partial charge in [-0.2, -0.15) is 0 Å². The number of nitrogens with zero attached hydrogens (tertiary/aromatic N) is 1. The first-order chi connectivity index (χ1) is 29.6. The number of alkyl carbamates (subject to hydrolysis) is 2. The van der Waals surface area contributed by atoms with Crippen LogP contribution in [0, 0.1) is 0 Å². The summed E-state index contributed by atoms with van der Waals surface area (Å²) in [6, 6.07) is 15.7. The number of nitrogens with one attached hydrogen (secondary N) is 4. The number of hydrogen-bond donors (Lipinski definition) is 5. The first-order valence-corrected chi connectivity index (χ1v) is 21.3. The lowest BCUT2D eigenvalue weighted by molar-refractivity contribution is -0.141. The molecular formula is C47H63ClN6O9. The molecule has 0 unspecified atom stereocenters. The third-order valence-corrected chi connectivity index (χ3v) is 9.48. The maximum Gasteiger partial charge on any atom is 0.407 e. The third kappa shape index (κ3) is 17.7. The molecule has 6 amide bonds. The second kappa shape index (κ2) is 23.9. The maximum atomic E-state index is 14.6. The number of unbranched alkanes of at least 4 members (excludes halogenated alkanes) is 1. The summed E-state index contributed by atoms with van der Waals surface area (Å²) in [5.41, 5.74) is 7.26. The van der Waals surface area contributed by atoms with Gasteiger partial charge in [-0.25, -0.2) is 9.59 Å². The Hall–Kier alpha value is -6.09. The van der Waals surface area contributed by atoms with Crippen molar-refractivity contribution in [2.75, 3.05) is 26.7 Å². The molecule has 0 heterocycles. The van der Waals surface area contributed by atoms with Gasteiger partial charge in [0.1, 0.15) is 35.1 Å². The van der Waals surface area contributed by atoms with Crippen molar-refractivity contribution < 1.29 is 43.0 Å². The summed E-state index contributed by atoms with van der Waals surface area (Å²) >= 11 is 6.06. The minimum Gasteiger partial charge on any atom is -0.493 e. The first kappa shape index (κ1) is 51.3. The van der Waals surface area contributed by atoms with Crippen molar-refractivity contribution in [1.82, 2.24) is 26.2 Å². The van der Waals surface area contributed by atoms with Gasteiger partial charge in [0.15, 0.2) is 0 Å². The molecule has 3 rings (SSSR count). The molecule has 0 aliphatic carbocycles. The lowest BCUT2D eigenvalue weighted by Gasteiger charge is -2.32. The van der Waals surface area contributed by atoms with E-state index in [1.165, 1.54) is 18.9 Å². The highest BCUT2D eigenvalue weighted by molar-refractivity contribution is 6.30. The number of rotatable bonds is 20. The first-order valence-electron chi connectivity index (χ1n) is 20.9. The Labute approximate surface area is 375 Å². The SMILES string of the molecule is C/C=C/c1cc([C@@H](C(=O)N[C@@H](C)C(N)=O)N(C)C(=O)[C@H](CCCCNC(=O)OC(C)(C)C)NC(=O)c2ccc(-c3ccc(Cl)cc3)cc2)ccc1OCCCNC(=O)OC(C)(C)C. The van der Waals surface area contributed by atoms with Crippen LogP contribution in [0.2, 0.25) is 5.02 Å². The Morgan fingerprint density at radius 2 is 1.33 bits per heavy atom. The zero-order valence-corrected chi connectivity index (χ0v) is 38.5. The fourth-order valence-electron chi connectivity index (χ4n) is 6.16. The van der Waals surface area contributed by atoms with E-state index in [1.807, 2.05) is 19.1 Å². The Balaban J connectivity index is 1.91. The predicted octanol–water partition coefficient (Wildman–Crippen LogP) is 7.32. The van der Waals surface area contributed by atoms with Gasteiger partial charge < -0.3 is 46.1 Å². The second-order valence-corrected chi connectivity index (χ2v) is 17.4. The third-order valence-electron chi connectivity index (χ3n) is 9.23. The fourth-order valence-corrected chi connectivity index (χ4v) is 6.28. The lowest BCUT2D eigenvalue weighted by atomic mass is 9.98. The molecule has 6 N–H and O–H groups in total. The number of halogens is 1. The van der Waals surface area contributed by atoms with Crippen molar-refractivity contribution in [3.63, 3.8) is 0 Å². The summed E-state index contributed by atoms with van der Waals surface area (Å²) in [6.07, 6.45) is 3.94. The monoisotopic (exact) mass is 890 g/mol. The fraction of sp³-hybridized carbons (Fsp3) is 0.447. The van der Waals surface area contributed by atoms with E-state index < -0.39 is 65.1 Å². The van der Waals surface area contributed by atoms with E-state index in [0.717, 1.165) is 11.1 Å². The normalized spacial score (nSPS) is 12.9. The average molecular weight is 892 g/mol. The largest absolute Gasteiger partial charge is 0.493 e. The summed E-state index contributed by atoms with van der Waals surface area (Å²) in [7, 11) is 1.45. The smallest absolute Gasteiger partial charge is 0.407 e. The van der Waals surface area contributed by atoms with E-state index in [-0.39, 0.29) is 19.6 Å². The lowest BCUT2D eigenvalue weighted by Crippen LogP contribution is -2.52. The molecule has 0 bridgehead atoms. The number of hydrogen-bond acceptors (Lipinski definition) is 9. The molecule has 15 nitrogen and oxygen atoms in total. The number of carbonyl (C=O) groups excluding carboxylic acids is 6. The number of benzene rings is 3. The van der Waals surface area contributed by atoms with Crippen molar-refractivity contribution in [2.45, 2.75) is 110 Å². The number of carbonyl (C=O) groups is 6. The average Bonchev–Trinajstić information content (AvgIpc) is 3.19. The number of primary amides is 1. The van der Waals surface area contributed by atoms with E-state index >= 15 is 0 Å².